The summed E-state index contributed by atoms with van der Waals surface area (Å²) in [7, 11) is -4.15. The number of para-hydroxylation sites is 1. The summed E-state index contributed by atoms with van der Waals surface area (Å²) in [4.78, 5) is 29.5. The predicted octanol–water partition coefficient (Wildman–Crippen LogP) is 6.15. The third kappa shape index (κ3) is 8.02. The van der Waals surface area contributed by atoms with Crippen molar-refractivity contribution >= 4 is 27.5 Å². The minimum atomic E-state index is -4.15. The van der Waals surface area contributed by atoms with E-state index in [1.165, 1.54) is 17.0 Å². The van der Waals surface area contributed by atoms with Crippen molar-refractivity contribution in [3.63, 3.8) is 0 Å². The molecule has 0 saturated heterocycles. The fourth-order valence-electron chi connectivity index (χ4n) is 5.65. The first-order valence-electron chi connectivity index (χ1n) is 15.2. The van der Waals surface area contributed by atoms with Crippen LogP contribution in [-0.4, -0.2) is 43.8 Å². The van der Waals surface area contributed by atoms with E-state index in [2.05, 4.69) is 5.32 Å². The van der Waals surface area contributed by atoms with Crippen LogP contribution in [0.4, 0.5) is 10.1 Å². The highest BCUT2D eigenvalue weighted by Crippen LogP contribution is 2.29. The Morgan fingerprint density at radius 2 is 1.58 bits per heavy atom. The van der Waals surface area contributed by atoms with Crippen LogP contribution in [0.1, 0.15) is 69.1 Å². The standard InChI is InChI=1S/C34H42FN3O4S/c1-4-27-11-9-10-14-32(27)38(43(41,42)30-21-15-25(3)16-22-30)24-33(39)37(23-26-17-19-28(35)20-18-26)31(5-2)34(40)36-29-12-7-6-8-13-29/h9-11,14-22,29,31H,4-8,12-13,23-24H2,1-3H3,(H,36,40)/t31-/m1/s1. The summed E-state index contributed by atoms with van der Waals surface area (Å²) in [5.74, 6) is -1.18. The second-order valence-corrected chi connectivity index (χ2v) is 13.1. The Hall–Kier alpha value is -3.72. The average Bonchev–Trinajstić information content (AvgIpc) is 3.01. The maximum absolute atomic E-state index is 14.3. The highest BCUT2D eigenvalue weighted by Gasteiger charge is 2.35. The van der Waals surface area contributed by atoms with Gasteiger partial charge in [0.1, 0.15) is 18.4 Å². The molecule has 1 atom stereocenters. The molecule has 3 aromatic rings. The van der Waals surface area contributed by atoms with E-state index in [1.54, 1.807) is 48.5 Å². The highest BCUT2D eigenvalue weighted by molar-refractivity contribution is 7.92. The molecule has 1 N–H and O–H groups in total. The molecule has 0 unspecified atom stereocenters. The predicted molar refractivity (Wildman–Crippen MR) is 168 cm³/mol. The number of sulfonamides is 1. The third-order valence-electron chi connectivity index (χ3n) is 8.13. The van der Waals surface area contributed by atoms with Crippen molar-refractivity contribution in [2.45, 2.75) is 89.2 Å². The minimum Gasteiger partial charge on any atom is -0.352 e. The maximum atomic E-state index is 14.3. The lowest BCUT2D eigenvalue weighted by Gasteiger charge is -2.35. The molecule has 230 valence electrons. The van der Waals surface area contributed by atoms with E-state index in [9.17, 15) is 22.4 Å². The summed E-state index contributed by atoms with van der Waals surface area (Å²) in [6.07, 6.45) is 5.91. The van der Waals surface area contributed by atoms with Gasteiger partial charge in [0.15, 0.2) is 0 Å². The van der Waals surface area contributed by atoms with E-state index < -0.39 is 34.3 Å². The Morgan fingerprint density at radius 1 is 0.930 bits per heavy atom. The number of halogens is 1. The highest BCUT2D eigenvalue weighted by atomic mass is 32.2. The van der Waals surface area contributed by atoms with Gasteiger partial charge in [0, 0.05) is 12.6 Å². The molecule has 0 heterocycles. The van der Waals surface area contributed by atoms with Crippen LogP contribution in [0.15, 0.2) is 77.7 Å². The van der Waals surface area contributed by atoms with Crippen molar-refractivity contribution in [2.24, 2.45) is 0 Å². The van der Waals surface area contributed by atoms with Crippen molar-refractivity contribution in [3.05, 3.63) is 95.3 Å². The number of benzene rings is 3. The first-order chi connectivity index (χ1) is 20.6. The quantitative estimate of drug-likeness (QED) is 0.268. The fraction of sp³-hybridized carbons (Fsp3) is 0.412. The zero-order valence-electron chi connectivity index (χ0n) is 25.3. The normalized spacial score (nSPS) is 14.6. The van der Waals surface area contributed by atoms with Crippen LogP contribution in [0.25, 0.3) is 0 Å². The van der Waals surface area contributed by atoms with E-state index in [0.717, 1.165) is 47.5 Å². The molecule has 0 aromatic heterocycles. The number of rotatable bonds is 12. The van der Waals surface area contributed by atoms with E-state index >= 15 is 0 Å². The smallest absolute Gasteiger partial charge is 0.264 e. The summed E-state index contributed by atoms with van der Waals surface area (Å²) in [5.41, 5.74) is 2.75. The number of anilines is 1. The lowest BCUT2D eigenvalue weighted by molar-refractivity contribution is -0.140. The van der Waals surface area contributed by atoms with Gasteiger partial charge in [-0.25, -0.2) is 12.8 Å². The van der Waals surface area contributed by atoms with Crippen LogP contribution >= 0.6 is 0 Å². The Balaban J connectivity index is 1.73. The molecule has 4 rings (SSSR count). The largest absolute Gasteiger partial charge is 0.352 e. The van der Waals surface area contributed by atoms with Crippen LogP contribution in [0.5, 0.6) is 0 Å². The number of carbonyl (C=O) groups is 2. The molecule has 1 aliphatic carbocycles. The van der Waals surface area contributed by atoms with E-state index in [0.29, 0.717) is 24.1 Å². The van der Waals surface area contributed by atoms with Crippen molar-refractivity contribution in [1.29, 1.82) is 0 Å². The van der Waals surface area contributed by atoms with Crippen molar-refractivity contribution in [2.75, 3.05) is 10.8 Å². The third-order valence-corrected chi connectivity index (χ3v) is 9.91. The first-order valence-corrected chi connectivity index (χ1v) is 16.6. The zero-order valence-corrected chi connectivity index (χ0v) is 26.1. The number of aryl methyl sites for hydroxylation is 2. The molecule has 9 heteroatoms. The van der Waals surface area contributed by atoms with Gasteiger partial charge in [0.05, 0.1) is 10.6 Å². The lowest BCUT2D eigenvalue weighted by atomic mass is 9.95. The Morgan fingerprint density at radius 3 is 2.21 bits per heavy atom. The Bertz CT molecular complexity index is 1490. The van der Waals surface area contributed by atoms with Gasteiger partial charge in [-0.15, -0.1) is 0 Å². The second kappa shape index (κ2) is 14.6. The van der Waals surface area contributed by atoms with Gasteiger partial charge < -0.3 is 10.2 Å². The molecule has 1 saturated carbocycles. The first kappa shape index (κ1) is 32.2. The summed E-state index contributed by atoms with van der Waals surface area (Å²) < 4.78 is 43.2. The second-order valence-electron chi connectivity index (χ2n) is 11.2. The van der Waals surface area contributed by atoms with Gasteiger partial charge >= 0.3 is 0 Å². The number of hydrogen-bond donors (Lipinski definition) is 1. The van der Waals surface area contributed by atoms with Crippen LogP contribution in [0, 0.1) is 12.7 Å². The molecule has 0 bridgehead atoms. The lowest BCUT2D eigenvalue weighted by Crippen LogP contribution is -2.54. The SMILES string of the molecule is CCc1ccccc1N(CC(=O)N(Cc1ccc(F)cc1)[C@H](CC)C(=O)NC1CCCCC1)S(=O)(=O)c1ccc(C)cc1. The van der Waals surface area contributed by atoms with E-state index in [4.69, 9.17) is 0 Å². The average molecular weight is 608 g/mol. The van der Waals surface area contributed by atoms with E-state index in [-0.39, 0.29) is 23.4 Å². The topological polar surface area (TPSA) is 86.8 Å². The number of carbonyl (C=O) groups excluding carboxylic acids is 2. The van der Waals surface area contributed by atoms with Gasteiger partial charge in [-0.2, -0.15) is 0 Å². The number of nitrogens with one attached hydrogen (secondary N) is 1. The van der Waals surface area contributed by atoms with Gasteiger partial charge in [-0.3, -0.25) is 13.9 Å². The van der Waals surface area contributed by atoms with Gasteiger partial charge in [-0.05, 0) is 74.1 Å². The molecular formula is C34H42FN3O4S. The summed E-state index contributed by atoms with van der Waals surface area (Å²) >= 11 is 0. The van der Waals surface area contributed by atoms with Crippen LogP contribution < -0.4 is 9.62 Å². The van der Waals surface area contributed by atoms with Gasteiger partial charge in [-0.1, -0.05) is 81.1 Å². The fourth-order valence-corrected chi connectivity index (χ4v) is 7.11. The molecule has 1 fully saturated rings. The van der Waals surface area contributed by atoms with Crippen LogP contribution in [-0.2, 0) is 32.6 Å². The molecule has 1 aliphatic rings. The molecule has 0 aliphatic heterocycles. The Kier molecular flexibility index (Phi) is 11.0. The monoisotopic (exact) mass is 607 g/mol. The summed E-state index contributed by atoms with van der Waals surface area (Å²) in [6.45, 7) is 5.18. The minimum absolute atomic E-state index is 0.0313. The zero-order chi connectivity index (χ0) is 31.0. The van der Waals surface area contributed by atoms with Crippen LogP contribution in [0.2, 0.25) is 0 Å². The number of nitrogens with zero attached hydrogens (tertiary/aromatic N) is 2. The van der Waals surface area contributed by atoms with Gasteiger partial charge in [0.2, 0.25) is 11.8 Å². The van der Waals surface area contributed by atoms with Crippen LogP contribution in [0.3, 0.4) is 0 Å². The molecule has 0 radical (unpaired) electrons. The number of hydrogen-bond acceptors (Lipinski definition) is 4. The molecule has 3 aromatic carbocycles. The Labute approximate surface area is 255 Å². The molecule has 0 spiro atoms. The molecule has 43 heavy (non-hydrogen) atoms. The number of amides is 2. The van der Waals surface area contributed by atoms with Crippen molar-refractivity contribution in [1.82, 2.24) is 10.2 Å². The summed E-state index contributed by atoms with van der Waals surface area (Å²) in [6, 6.07) is 18.7. The maximum Gasteiger partial charge on any atom is 0.264 e. The van der Waals surface area contributed by atoms with E-state index in [1.807, 2.05) is 32.9 Å². The summed E-state index contributed by atoms with van der Waals surface area (Å²) in [5, 5.41) is 3.14. The van der Waals surface area contributed by atoms with Crippen molar-refractivity contribution < 1.29 is 22.4 Å². The molecule has 2 amide bonds. The van der Waals surface area contributed by atoms with Gasteiger partial charge in [0.25, 0.3) is 10.0 Å². The molecule has 7 nitrogen and oxygen atoms in total. The van der Waals surface area contributed by atoms with Crippen molar-refractivity contribution in [3.8, 4) is 0 Å². The molecular weight excluding hydrogens is 565 g/mol.